The van der Waals surface area contributed by atoms with E-state index in [9.17, 15) is 9.59 Å². The average molecular weight is 301 g/mol. The molecule has 7 nitrogen and oxygen atoms in total. The fourth-order valence-electron chi connectivity index (χ4n) is 2.02. The fourth-order valence-corrected chi connectivity index (χ4v) is 2.02. The molecule has 0 aliphatic heterocycles. The minimum absolute atomic E-state index is 0.0934. The lowest BCUT2D eigenvalue weighted by molar-refractivity contribution is -0.119. The zero-order chi connectivity index (χ0) is 16.1. The molecule has 0 saturated heterocycles. The minimum atomic E-state index is -0.595. The fraction of sp³-hybridized carbons (Fsp3) is 0.267. The van der Waals surface area contributed by atoms with Crippen molar-refractivity contribution in [2.24, 2.45) is 11.7 Å². The summed E-state index contributed by atoms with van der Waals surface area (Å²) in [6.07, 6.45) is 1.63. The predicted octanol–water partition coefficient (Wildman–Crippen LogP) is 0.765. The summed E-state index contributed by atoms with van der Waals surface area (Å²) in [5.41, 5.74) is 6.66. The number of para-hydroxylation sites is 2. The Labute approximate surface area is 128 Å². The second kappa shape index (κ2) is 6.86. The van der Waals surface area contributed by atoms with Gasteiger partial charge in [0.2, 0.25) is 5.91 Å². The second-order valence-corrected chi connectivity index (χ2v) is 4.97. The molecule has 1 atom stereocenters. The number of carbonyl (C=O) groups excluding carboxylic acids is 2. The maximum atomic E-state index is 12.1. The molecule has 2 aromatic rings. The van der Waals surface area contributed by atoms with E-state index in [0.717, 1.165) is 0 Å². The van der Waals surface area contributed by atoms with Gasteiger partial charge in [-0.2, -0.15) is 5.10 Å². The molecule has 0 saturated carbocycles. The molecule has 0 bridgehead atoms. The van der Waals surface area contributed by atoms with Crippen LogP contribution in [0.5, 0.6) is 0 Å². The SMILES string of the molecule is CNCC(C)C(=O)Nc1ccccc1-n1ccc(C(N)=O)n1. The van der Waals surface area contributed by atoms with Gasteiger partial charge in [0.25, 0.3) is 5.91 Å². The molecule has 1 unspecified atom stereocenters. The summed E-state index contributed by atoms with van der Waals surface area (Å²) in [7, 11) is 1.80. The van der Waals surface area contributed by atoms with Crippen LogP contribution < -0.4 is 16.4 Å². The van der Waals surface area contributed by atoms with E-state index in [-0.39, 0.29) is 17.5 Å². The Bertz CT molecular complexity index is 680. The summed E-state index contributed by atoms with van der Waals surface area (Å²) in [4.78, 5) is 23.3. The van der Waals surface area contributed by atoms with Crippen molar-refractivity contribution in [2.45, 2.75) is 6.92 Å². The van der Waals surface area contributed by atoms with Crippen LogP contribution in [0.4, 0.5) is 5.69 Å². The topological polar surface area (TPSA) is 102 Å². The summed E-state index contributed by atoms with van der Waals surface area (Å²) in [6, 6.07) is 8.76. The van der Waals surface area contributed by atoms with E-state index in [1.807, 2.05) is 19.1 Å². The number of amides is 2. The van der Waals surface area contributed by atoms with Gasteiger partial charge in [-0.05, 0) is 25.2 Å². The molecule has 1 aromatic heterocycles. The Morgan fingerprint density at radius 1 is 1.32 bits per heavy atom. The molecule has 0 spiro atoms. The van der Waals surface area contributed by atoms with E-state index in [1.165, 1.54) is 10.7 Å². The first-order valence-corrected chi connectivity index (χ1v) is 6.93. The quantitative estimate of drug-likeness (QED) is 0.733. The van der Waals surface area contributed by atoms with Gasteiger partial charge in [-0.3, -0.25) is 9.59 Å². The second-order valence-electron chi connectivity index (χ2n) is 4.97. The van der Waals surface area contributed by atoms with Crippen LogP contribution in [0, 0.1) is 5.92 Å². The van der Waals surface area contributed by atoms with E-state index in [2.05, 4.69) is 15.7 Å². The maximum absolute atomic E-state index is 12.1. The van der Waals surface area contributed by atoms with Crippen molar-refractivity contribution >= 4 is 17.5 Å². The number of carbonyl (C=O) groups is 2. The number of anilines is 1. The number of aromatic nitrogens is 2. The molecule has 0 aliphatic carbocycles. The molecule has 2 amide bonds. The summed E-state index contributed by atoms with van der Waals surface area (Å²) in [5, 5.41) is 9.95. The first kappa shape index (κ1) is 15.7. The number of primary amides is 1. The summed E-state index contributed by atoms with van der Waals surface area (Å²) in [6.45, 7) is 2.43. The third-order valence-electron chi connectivity index (χ3n) is 3.21. The van der Waals surface area contributed by atoms with Crippen LogP contribution >= 0.6 is 0 Å². The number of benzene rings is 1. The normalized spacial score (nSPS) is 11.9. The Morgan fingerprint density at radius 2 is 2.05 bits per heavy atom. The Balaban J connectivity index is 2.26. The van der Waals surface area contributed by atoms with Crippen LogP contribution in [-0.2, 0) is 4.79 Å². The third-order valence-corrected chi connectivity index (χ3v) is 3.21. The lowest BCUT2D eigenvalue weighted by Crippen LogP contribution is -2.29. The van der Waals surface area contributed by atoms with Crippen LogP contribution in [0.2, 0.25) is 0 Å². The van der Waals surface area contributed by atoms with Crippen molar-refractivity contribution < 1.29 is 9.59 Å². The minimum Gasteiger partial charge on any atom is -0.364 e. The molecular formula is C15H19N5O2. The van der Waals surface area contributed by atoms with Crippen molar-refractivity contribution in [3.8, 4) is 5.69 Å². The number of nitrogens with one attached hydrogen (secondary N) is 2. The summed E-state index contributed by atoms with van der Waals surface area (Å²) < 4.78 is 1.51. The highest BCUT2D eigenvalue weighted by atomic mass is 16.2. The largest absolute Gasteiger partial charge is 0.364 e. The highest BCUT2D eigenvalue weighted by molar-refractivity contribution is 5.94. The molecule has 0 aliphatic rings. The zero-order valence-corrected chi connectivity index (χ0v) is 12.5. The lowest BCUT2D eigenvalue weighted by Gasteiger charge is -2.14. The number of hydrogen-bond acceptors (Lipinski definition) is 4. The first-order chi connectivity index (χ1) is 10.5. The third kappa shape index (κ3) is 3.50. The smallest absolute Gasteiger partial charge is 0.269 e. The first-order valence-electron chi connectivity index (χ1n) is 6.93. The van der Waals surface area contributed by atoms with Gasteiger partial charge in [0.15, 0.2) is 0 Å². The van der Waals surface area contributed by atoms with Crippen molar-refractivity contribution in [3.05, 3.63) is 42.2 Å². The highest BCUT2D eigenvalue weighted by Gasteiger charge is 2.15. The van der Waals surface area contributed by atoms with Gasteiger partial charge < -0.3 is 16.4 Å². The number of rotatable bonds is 6. The van der Waals surface area contributed by atoms with Gasteiger partial charge in [0.1, 0.15) is 5.69 Å². The molecule has 1 aromatic carbocycles. The van der Waals surface area contributed by atoms with Gasteiger partial charge in [0.05, 0.1) is 11.4 Å². The maximum Gasteiger partial charge on any atom is 0.269 e. The standard InChI is InChI=1S/C15H19N5O2/c1-10(9-17-2)15(22)18-11-5-3-4-6-13(11)20-8-7-12(19-20)14(16)21/h3-8,10,17H,9H2,1-2H3,(H2,16,21)(H,18,22). The van der Waals surface area contributed by atoms with Crippen LogP contribution in [0.25, 0.3) is 5.69 Å². The van der Waals surface area contributed by atoms with E-state index >= 15 is 0 Å². The van der Waals surface area contributed by atoms with Crippen molar-refractivity contribution in [2.75, 3.05) is 18.9 Å². The molecule has 116 valence electrons. The van der Waals surface area contributed by atoms with E-state index in [0.29, 0.717) is 17.9 Å². The number of nitrogens with zero attached hydrogens (tertiary/aromatic N) is 2. The Morgan fingerprint density at radius 3 is 2.68 bits per heavy atom. The van der Waals surface area contributed by atoms with E-state index in [1.54, 1.807) is 25.4 Å². The Kier molecular flexibility index (Phi) is 4.90. The summed E-state index contributed by atoms with van der Waals surface area (Å²) >= 11 is 0. The number of nitrogens with two attached hydrogens (primary N) is 1. The van der Waals surface area contributed by atoms with Crippen LogP contribution in [0.1, 0.15) is 17.4 Å². The monoisotopic (exact) mass is 301 g/mol. The van der Waals surface area contributed by atoms with Gasteiger partial charge in [-0.1, -0.05) is 19.1 Å². The lowest BCUT2D eigenvalue weighted by atomic mass is 10.1. The molecule has 0 fully saturated rings. The zero-order valence-electron chi connectivity index (χ0n) is 12.5. The van der Waals surface area contributed by atoms with E-state index < -0.39 is 5.91 Å². The van der Waals surface area contributed by atoms with Gasteiger partial charge in [-0.15, -0.1) is 0 Å². The van der Waals surface area contributed by atoms with Crippen molar-refractivity contribution in [1.82, 2.24) is 15.1 Å². The molecule has 7 heteroatoms. The van der Waals surface area contributed by atoms with Crippen LogP contribution in [0.3, 0.4) is 0 Å². The van der Waals surface area contributed by atoms with Crippen LogP contribution in [-0.4, -0.2) is 35.2 Å². The molecule has 22 heavy (non-hydrogen) atoms. The van der Waals surface area contributed by atoms with Gasteiger partial charge in [0, 0.05) is 18.7 Å². The molecule has 2 rings (SSSR count). The van der Waals surface area contributed by atoms with Crippen LogP contribution in [0.15, 0.2) is 36.5 Å². The average Bonchev–Trinajstić information content (AvgIpc) is 2.98. The predicted molar refractivity (Wildman–Crippen MR) is 83.8 cm³/mol. The molecule has 4 N–H and O–H groups in total. The number of hydrogen-bond donors (Lipinski definition) is 3. The molecule has 0 radical (unpaired) electrons. The van der Waals surface area contributed by atoms with Crippen molar-refractivity contribution in [1.29, 1.82) is 0 Å². The van der Waals surface area contributed by atoms with Crippen molar-refractivity contribution in [3.63, 3.8) is 0 Å². The summed E-state index contributed by atoms with van der Waals surface area (Å²) in [5.74, 6) is -0.858. The van der Waals surface area contributed by atoms with Gasteiger partial charge in [-0.25, -0.2) is 4.68 Å². The molecule has 1 heterocycles. The highest BCUT2D eigenvalue weighted by Crippen LogP contribution is 2.20. The van der Waals surface area contributed by atoms with E-state index in [4.69, 9.17) is 5.73 Å². The Hall–Kier alpha value is -2.67. The molecular weight excluding hydrogens is 282 g/mol. The van der Waals surface area contributed by atoms with Gasteiger partial charge >= 0.3 is 0 Å².